The van der Waals surface area contributed by atoms with Crippen LogP contribution in [0, 0.1) is 5.92 Å². The molecule has 2 nitrogen and oxygen atoms in total. The third-order valence-corrected chi connectivity index (χ3v) is 4.60. The van der Waals surface area contributed by atoms with Gasteiger partial charge in [-0.3, -0.25) is 4.90 Å². The lowest BCUT2D eigenvalue weighted by atomic mass is 10.0. The molecule has 2 atom stereocenters. The fourth-order valence-corrected chi connectivity index (χ4v) is 3.23. The first-order valence-electron chi connectivity index (χ1n) is 6.73. The molecule has 0 aromatic heterocycles. The number of hydrogen-bond acceptors (Lipinski definition) is 2. The van der Waals surface area contributed by atoms with Gasteiger partial charge in [-0.15, -0.1) is 0 Å². The van der Waals surface area contributed by atoms with Crippen LogP contribution in [0.25, 0.3) is 0 Å². The maximum absolute atomic E-state index is 3.65. The van der Waals surface area contributed by atoms with Gasteiger partial charge in [0, 0.05) is 37.6 Å². The quantitative estimate of drug-likeness (QED) is 0.694. The van der Waals surface area contributed by atoms with Crippen molar-refractivity contribution in [1.29, 1.82) is 0 Å². The predicted octanol–water partition coefficient (Wildman–Crippen LogP) is 2.82. The molecule has 0 bridgehead atoms. The highest BCUT2D eigenvalue weighted by Gasteiger charge is 2.23. The van der Waals surface area contributed by atoms with Gasteiger partial charge >= 0.3 is 0 Å². The Balaban J connectivity index is 2.33. The average Bonchev–Trinajstić information content (AvgIpc) is 2.28. The lowest BCUT2D eigenvalue weighted by Crippen LogP contribution is -2.52. The Labute approximate surface area is 109 Å². The maximum Gasteiger partial charge on any atom is 0.0195 e. The van der Waals surface area contributed by atoms with Crippen molar-refractivity contribution in [3.63, 3.8) is 0 Å². The molecule has 3 heteroatoms. The molecule has 0 amide bonds. The van der Waals surface area contributed by atoms with E-state index in [1.807, 2.05) is 0 Å². The van der Waals surface area contributed by atoms with Gasteiger partial charge in [0.2, 0.25) is 0 Å². The van der Waals surface area contributed by atoms with Crippen LogP contribution < -0.4 is 0 Å². The molecule has 16 heavy (non-hydrogen) atoms. The van der Waals surface area contributed by atoms with E-state index in [9.17, 15) is 0 Å². The van der Waals surface area contributed by atoms with E-state index >= 15 is 0 Å². The van der Waals surface area contributed by atoms with Crippen molar-refractivity contribution >= 4 is 15.9 Å². The molecule has 0 saturated carbocycles. The summed E-state index contributed by atoms with van der Waals surface area (Å²) in [7, 11) is 0. The number of nitrogens with zero attached hydrogens (tertiary/aromatic N) is 2. The molecule has 0 aromatic carbocycles. The summed E-state index contributed by atoms with van der Waals surface area (Å²) in [5.74, 6) is 0.838. The molecule has 1 fully saturated rings. The first-order valence-corrected chi connectivity index (χ1v) is 7.85. The van der Waals surface area contributed by atoms with Gasteiger partial charge in [-0.05, 0) is 25.8 Å². The summed E-state index contributed by atoms with van der Waals surface area (Å²) in [5.41, 5.74) is 0. The highest BCUT2D eigenvalue weighted by atomic mass is 79.9. The van der Waals surface area contributed by atoms with E-state index in [4.69, 9.17) is 0 Å². The standard InChI is InChI=1S/C13H27BrN2/c1-4-6-13(9-14)11-15-7-8-16(5-2)12(3)10-15/h12-13H,4-11H2,1-3H3. The fourth-order valence-electron chi connectivity index (χ4n) is 2.70. The van der Waals surface area contributed by atoms with Gasteiger partial charge in [-0.1, -0.05) is 36.2 Å². The van der Waals surface area contributed by atoms with Crippen LogP contribution in [-0.4, -0.2) is 53.9 Å². The first kappa shape index (κ1) is 14.5. The Kier molecular flexibility index (Phi) is 6.94. The van der Waals surface area contributed by atoms with Crippen molar-refractivity contribution in [3.05, 3.63) is 0 Å². The second-order valence-electron chi connectivity index (χ2n) is 5.05. The zero-order chi connectivity index (χ0) is 12.0. The molecule has 0 N–H and O–H groups in total. The Morgan fingerprint density at radius 2 is 2.06 bits per heavy atom. The van der Waals surface area contributed by atoms with E-state index in [-0.39, 0.29) is 0 Å². The maximum atomic E-state index is 3.65. The summed E-state index contributed by atoms with van der Waals surface area (Å²) in [6.07, 6.45) is 2.66. The van der Waals surface area contributed by atoms with E-state index in [1.165, 1.54) is 45.6 Å². The number of alkyl halides is 1. The zero-order valence-electron chi connectivity index (χ0n) is 11.1. The van der Waals surface area contributed by atoms with E-state index in [2.05, 4.69) is 46.5 Å². The lowest BCUT2D eigenvalue weighted by Gasteiger charge is -2.40. The highest BCUT2D eigenvalue weighted by Crippen LogP contribution is 2.15. The normalized spacial score (nSPS) is 25.9. The van der Waals surface area contributed by atoms with Gasteiger partial charge in [0.05, 0.1) is 0 Å². The molecule has 1 rings (SSSR count). The largest absolute Gasteiger partial charge is 0.300 e. The first-order chi connectivity index (χ1) is 7.71. The summed E-state index contributed by atoms with van der Waals surface area (Å²) in [6.45, 7) is 13.1. The second-order valence-corrected chi connectivity index (χ2v) is 5.69. The van der Waals surface area contributed by atoms with Gasteiger partial charge in [0.15, 0.2) is 0 Å². The van der Waals surface area contributed by atoms with Crippen LogP contribution in [0.15, 0.2) is 0 Å². The number of likely N-dealkylation sites (N-methyl/N-ethyl adjacent to an activating group) is 1. The molecule has 0 aliphatic carbocycles. The molecule has 1 heterocycles. The SMILES string of the molecule is CCCC(CBr)CN1CCN(CC)C(C)C1. The highest BCUT2D eigenvalue weighted by molar-refractivity contribution is 9.09. The number of piperazine rings is 1. The van der Waals surface area contributed by atoms with E-state index in [1.54, 1.807) is 0 Å². The third kappa shape index (κ3) is 4.34. The van der Waals surface area contributed by atoms with Gasteiger partial charge in [-0.2, -0.15) is 0 Å². The summed E-state index contributed by atoms with van der Waals surface area (Å²) in [6, 6.07) is 0.733. The van der Waals surface area contributed by atoms with Crippen LogP contribution in [0.3, 0.4) is 0 Å². The van der Waals surface area contributed by atoms with Crippen molar-refractivity contribution < 1.29 is 0 Å². The van der Waals surface area contributed by atoms with Crippen molar-refractivity contribution in [1.82, 2.24) is 9.80 Å². The van der Waals surface area contributed by atoms with Crippen molar-refractivity contribution in [3.8, 4) is 0 Å². The Hall–Kier alpha value is 0.400. The summed E-state index contributed by atoms with van der Waals surface area (Å²) in [4.78, 5) is 5.23. The zero-order valence-corrected chi connectivity index (χ0v) is 12.7. The Morgan fingerprint density at radius 1 is 1.31 bits per heavy atom. The summed E-state index contributed by atoms with van der Waals surface area (Å²) >= 11 is 3.65. The number of halogens is 1. The molecule has 1 saturated heterocycles. The van der Waals surface area contributed by atoms with Crippen LogP contribution in [-0.2, 0) is 0 Å². The Morgan fingerprint density at radius 3 is 2.56 bits per heavy atom. The molecule has 96 valence electrons. The van der Waals surface area contributed by atoms with Gasteiger partial charge in [-0.25, -0.2) is 0 Å². The fraction of sp³-hybridized carbons (Fsp3) is 1.00. The number of rotatable bonds is 6. The summed E-state index contributed by atoms with van der Waals surface area (Å²) < 4.78 is 0. The molecular formula is C13H27BrN2. The number of hydrogen-bond donors (Lipinski definition) is 0. The molecular weight excluding hydrogens is 264 g/mol. The van der Waals surface area contributed by atoms with E-state index in [0.717, 1.165) is 17.3 Å². The smallest absolute Gasteiger partial charge is 0.0195 e. The van der Waals surface area contributed by atoms with Crippen LogP contribution in [0.2, 0.25) is 0 Å². The van der Waals surface area contributed by atoms with Crippen molar-refractivity contribution in [2.24, 2.45) is 5.92 Å². The Bertz CT molecular complexity index is 187. The third-order valence-electron chi connectivity index (χ3n) is 3.69. The second kappa shape index (κ2) is 7.67. The minimum atomic E-state index is 0.733. The molecule has 1 aliphatic rings. The molecule has 0 spiro atoms. The predicted molar refractivity (Wildman–Crippen MR) is 75.3 cm³/mol. The molecule has 2 unspecified atom stereocenters. The van der Waals surface area contributed by atoms with Crippen LogP contribution >= 0.6 is 15.9 Å². The van der Waals surface area contributed by atoms with E-state index in [0.29, 0.717) is 0 Å². The van der Waals surface area contributed by atoms with Gasteiger partial charge < -0.3 is 4.90 Å². The minimum absolute atomic E-state index is 0.733. The minimum Gasteiger partial charge on any atom is -0.300 e. The average molecular weight is 291 g/mol. The molecule has 1 aliphatic heterocycles. The molecule has 0 radical (unpaired) electrons. The van der Waals surface area contributed by atoms with Crippen LogP contribution in [0.1, 0.15) is 33.6 Å². The summed E-state index contributed by atoms with van der Waals surface area (Å²) in [5, 5.41) is 1.16. The van der Waals surface area contributed by atoms with E-state index < -0.39 is 0 Å². The van der Waals surface area contributed by atoms with Gasteiger partial charge in [0.25, 0.3) is 0 Å². The van der Waals surface area contributed by atoms with Crippen LogP contribution in [0.4, 0.5) is 0 Å². The van der Waals surface area contributed by atoms with Crippen molar-refractivity contribution in [2.75, 3.05) is 38.1 Å². The molecule has 0 aromatic rings. The van der Waals surface area contributed by atoms with Crippen molar-refractivity contribution in [2.45, 2.75) is 39.7 Å². The monoisotopic (exact) mass is 290 g/mol. The lowest BCUT2D eigenvalue weighted by molar-refractivity contribution is 0.0785. The topological polar surface area (TPSA) is 6.48 Å². The van der Waals surface area contributed by atoms with Crippen LogP contribution in [0.5, 0.6) is 0 Å². The van der Waals surface area contributed by atoms with Gasteiger partial charge in [0.1, 0.15) is 0 Å².